The van der Waals surface area contributed by atoms with Crippen LogP contribution in [0.4, 0.5) is 0 Å². The van der Waals surface area contributed by atoms with Gasteiger partial charge >= 0.3 is 0 Å². The molecule has 5 nitrogen and oxygen atoms in total. The van der Waals surface area contributed by atoms with E-state index in [-0.39, 0.29) is 17.7 Å². The first-order chi connectivity index (χ1) is 8.51. The SMILES string of the molecule is Cc1nc(C)c(Cn2nc(CO)c(=O)cc2C)s1. The molecule has 0 amide bonds. The number of aliphatic hydroxyl groups is 1. The lowest BCUT2D eigenvalue weighted by Crippen LogP contribution is -2.20. The number of aliphatic hydroxyl groups excluding tert-OH is 1. The summed E-state index contributed by atoms with van der Waals surface area (Å²) in [7, 11) is 0. The van der Waals surface area contributed by atoms with E-state index >= 15 is 0 Å². The van der Waals surface area contributed by atoms with Gasteiger partial charge in [-0.15, -0.1) is 11.3 Å². The lowest BCUT2D eigenvalue weighted by molar-refractivity contribution is 0.271. The minimum atomic E-state index is -0.334. The average molecular weight is 265 g/mol. The minimum absolute atomic E-state index is 0.180. The Morgan fingerprint density at radius 3 is 2.67 bits per heavy atom. The molecule has 2 aromatic heterocycles. The van der Waals surface area contributed by atoms with Crippen LogP contribution in [-0.2, 0) is 13.2 Å². The Bertz CT molecular complexity index is 631. The fraction of sp³-hybridized carbons (Fsp3) is 0.417. The second kappa shape index (κ2) is 4.99. The molecule has 0 aliphatic carbocycles. The van der Waals surface area contributed by atoms with Gasteiger partial charge in [-0.25, -0.2) is 4.98 Å². The Balaban J connectivity index is 2.40. The van der Waals surface area contributed by atoms with Crippen LogP contribution < -0.4 is 5.43 Å². The van der Waals surface area contributed by atoms with Gasteiger partial charge in [0.25, 0.3) is 0 Å². The van der Waals surface area contributed by atoms with E-state index in [9.17, 15) is 4.79 Å². The molecule has 0 fully saturated rings. The molecule has 0 saturated carbocycles. The lowest BCUT2D eigenvalue weighted by atomic mass is 10.3. The summed E-state index contributed by atoms with van der Waals surface area (Å²) < 4.78 is 1.73. The first kappa shape index (κ1) is 12.9. The molecule has 0 aliphatic heterocycles. The zero-order valence-corrected chi connectivity index (χ0v) is 11.4. The Hall–Kier alpha value is -1.53. The van der Waals surface area contributed by atoms with E-state index in [1.807, 2.05) is 20.8 Å². The maximum Gasteiger partial charge on any atom is 0.206 e. The summed E-state index contributed by atoms with van der Waals surface area (Å²) in [4.78, 5) is 17.0. The van der Waals surface area contributed by atoms with Gasteiger partial charge in [-0.3, -0.25) is 9.48 Å². The summed E-state index contributed by atoms with van der Waals surface area (Å²) >= 11 is 1.62. The first-order valence-corrected chi connectivity index (χ1v) is 6.44. The van der Waals surface area contributed by atoms with Gasteiger partial charge in [-0.2, -0.15) is 5.10 Å². The summed E-state index contributed by atoms with van der Waals surface area (Å²) in [5, 5.41) is 14.3. The maximum atomic E-state index is 11.5. The third-order valence-corrected chi connectivity index (χ3v) is 3.77. The fourth-order valence-electron chi connectivity index (χ4n) is 1.75. The lowest BCUT2D eigenvalue weighted by Gasteiger charge is -2.09. The van der Waals surface area contributed by atoms with E-state index in [1.54, 1.807) is 16.0 Å². The number of hydrogen-bond acceptors (Lipinski definition) is 5. The first-order valence-electron chi connectivity index (χ1n) is 5.62. The molecule has 0 saturated heterocycles. The monoisotopic (exact) mass is 265 g/mol. The summed E-state index contributed by atoms with van der Waals surface area (Å²) in [5.74, 6) is 0. The summed E-state index contributed by atoms with van der Waals surface area (Å²) in [6.45, 7) is 6.00. The number of aryl methyl sites for hydroxylation is 3. The highest BCUT2D eigenvalue weighted by Gasteiger charge is 2.09. The van der Waals surface area contributed by atoms with E-state index in [1.165, 1.54) is 6.07 Å². The van der Waals surface area contributed by atoms with Crippen molar-refractivity contribution in [1.82, 2.24) is 14.8 Å². The molecule has 2 aromatic rings. The highest BCUT2D eigenvalue weighted by Crippen LogP contribution is 2.18. The van der Waals surface area contributed by atoms with Crippen molar-refractivity contribution in [2.45, 2.75) is 33.9 Å². The van der Waals surface area contributed by atoms with E-state index in [0.717, 1.165) is 21.3 Å². The smallest absolute Gasteiger partial charge is 0.206 e. The molecule has 0 unspecified atom stereocenters. The fourth-order valence-corrected chi connectivity index (χ4v) is 2.67. The topological polar surface area (TPSA) is 68.0 Å². The summed E-state index contributed by atoms with van der Waals surface area (Å²) in [6, 6.07) is 1.50. The summed E-state index contributed by atoms with van der Waals surface area (Å²) in [5.41, 5.74) is 1.73. The van der Waals surface area contributed by atoms with Crippen molar-refractivity contribution >= 4 is 11.3 Å². The van der Waals surface area contributed by atoms with Crippen molar-refractivity contribution in [1.29, 1.82) is 0 Å². The average Bonchev–Trinajstić information content (AvgIpc) is 2.61. The second-order valence-electron chi connectivity index (χ2n) is 4.15. The van der Waals surface area contributed by atoms with Crippen LogP contribution in [0.15, 0.2) is 10.9 Å². The molecule has 0 spiro atoms. The Morgan fingerprint density at radius 2 is 2.11 bits per heavy atom. The molecule has 2 rings (SSSR count). The molecule has 1 N–H and O–H groups in total. The van der Waals surface area contributed by atoms with E-state index in [0.29, 0.717) is 6.54 Å². The third kappa shape index (κ3) is 2.49. The van der Waals surface area contributed by atoms with Crippen molar-refractivity contribution in [3.63, 3.8) is 0 Å². The molecule has 0 aromatic carbocycles. The van der Waals surface area contributed by atoms with Crippen LogP contribution >= 0.6 is 11.3 Å². The highest BCUT2D eigenvalue weighted by atomic mass is 32.1. The van der Waals surface area contributed by atoms with Gasteiger partial charge in [-0.05, 0) is 20.8 Å². The quantitative estimate of drug-likeness (QED) is 0.904. The predicted molar refractivity (Wildman–Crippen MR) is 69.8 cm³/mol. The molecule has 6 heteroatoms. The Morgan fingerprint density at radius 1 is 1.39 bits per heavy atom. The maximum absolute atomic E-state index is 11.5. The molecule has 0 radical (unpaired) electrons. The molecular weight excluding hydrogens is 250 g/mol. The normalized spacial score (nSPS) is 10.9. The Labute approximate surface area is 109 Å². The van der Waals surface area contributed by atoms with Gasteiger partial charge in [0.15, 0.2) is 0 Å². The van der Waals surface area contributed by atoms with Crippen LogP contribution in [0.1, 0.15) is 27.0 Å². The largest absolute Gasteiger partial charge is 0.390 e. The molecule has 0 bridgehead atoms. The standard InChI is InChI=1S/C12H15N3O2S/c1-7-4-11(17)10(6-16)14-15(7)5-12-8(2)13-9(3)18-12/h4,16H,5-6H2,1-3H3. The van der Waals surface area contributed by atoms with Crippen LogP contribution in [0, 0.1) is 20.8 Å². The van der Waals surface area contributed by atoms with Crippen LogP contribution in [0.3, 0.4) is 0 Å². The van der Waals surface area contributed by atoms with Crippen molar-refractivity contribution in [3.05, 3.63) is 43.3 Å². The second-order valence-corrected chi connectivity index (χ2v) is 5.44. The van der Waals surface area contributed by atoms with E-state index < -0.39 is 0 Å². The van der Waals surface area contributed by atoms with Crippen molar-refractivity contribution < 1.29 is 5.11 Å². The molecule has 0 atom stereocenters. The molecule has 0 aliphatic rings. The van der Waals surface area contributed by atoms with Crippen molar-refractivity contribution in [2.24, 2.45) is 0 Å². The molecule has 18 heavy (non-hydrogen) atoms. The number of thiazole rings is 1. The number of rotatable bonds is 3. The van der Waals surface area contributed by atoms with E-state index in [4.69, 9.17) is 5.11 Å². The predicted octanol–water partition coefficient (Wildman–Crippen LogP) is 1.17. The van der Waals surface area contributed by atoms with Gasteiger partial charge in [0.05, 0.1) is 23.9 Å². The number of nitrogens with zero attached hydrogens (tertiary/aromatic N) is 3. The van der Waals surface area contributed by atoms with Crippen LogP contribution in [0.25, 0.3) is 0 Å². The molecule has 96 valence electrons. The minimum Gasteiger partial charge on any atom is -0.390 e. The van der Waals surface area contributed by atoms with Crippen LogP contribution in [-0.4, -0.2) is 19.9 Å². The van der Waals surface area contributed by atoms with Gasteiger partial charge in [-0.1, -0.05) is 0 Å². The van der Waals surface area contributed by atoms with Crippen LogP contribution in [0.2, 0.25) is 0 Å². The number of hydrogen-bond donors (Lipinski definition) is 1. The van der Waals surface area contributed by atoms with Crippen molar-refractivity contribution in [2.75, 3.05) is 0 Å². The Kier molecular flexibility index (Phi) is 3.58. The molecule has 2 heterocycles. The van der Waals surface area contributed by atoms with Gasteiger partial charge in [0.2, 0.25) is 5.43 Å². The zero-order chi connectivity index (χ0) is 13.3. The third-order valence-electron chi connectivity index (χ3n) is 2.72. The van der Waals surface area contributed by atoms with Crippen molar-refractivity contribution in [3.8, 4) is 0 Å². The van der Waals surface area contributed by atoms with Gasteiger partial charge in [0, 0.05) is 16.6 Å². The van der Waals surface area contributed by atoms with Gasteiger partial charge < -0.3 is 5.11 Å². The zero-order valence-electron chi connectivity index (χ0n) is 10.6. The number of aromatic nitrogens is 3. The molecular formula is C12H15N3O2S. The highest BCUT2D eigenvalue weighted by molar-refractivity contribution is 7.11. The summed E-state index contributed by atoms with van der Waals surface area (Å²) in [6.07, 6.45) is 0. The van der Waals surface area contributed by atoms with Crippen LogP contribution in [0.5, 0.6) is 0 Å². The van der Waals surface area contributed by atoms with Gasteiger partial charge in [0.1, 0.15) is 5.69 Å². The van der Waals surface area contributed by atoms with E-state index in [2.05, 4.69) is 10.1 Å².